The highest BCUT2D eigenvalue weighted by Crippen LogP contribution is 2.26. The molecule has 1 fully saturated rings. The van der Waals surface area contributed by atoms with E-state index in [1.54, 1.807) is 18.2 Å². The average molecular weight is 233 g/mol. The molecule has 1 aromatic rings. The Morgan fingerprint density at radius 1 is 1.35 bits per heavy atom. The minimum Gasteiger partial charge on any atom is -0.478 e. The summed E-state index contributed by atoms with van der Waals surface area (Å²) in [6.07, 6.45) is 5.02. The van der Waals surface area contributed by atoms with E-state index in [0.29, 0.717) is 17.5 Å². The SMILES string of the molecule is CC1CCCCC1Nc1cccc(C(=O)O)c1. The molecule has 2 rings (SSSR count). The minimum atomic E-state index is -0.870. The number of aromatic carboxylic acids is 1. The van der Waals surface area contributed by atoms with Crippen molar-refractivity contribution in [2.75, 3.05) is 5.32 Å². The molecule has 0 heterocycles. The summed E-state index contributed by atoms with van der Waals surface area (Å²) in [6, 6.07) is 7.54. The first-order valence-corrected chi connectivity index (χ1v) is 6.26. The van der Waals surface area contributed by atoms with Crippen LogP contribution in [0.15, 0.2) is 24.3 Å². The van der Waals surface area contributed by atoms with E-state index >= 15 is 0 Å². The van der Waals surface area contributed by atoms with Crippen LogP contribution in [0.25, 0.3) is 0 Å². The Morgan fingerprint density at radius 2 is 2.12 bits per heavy atom. The number of nitrogens with one attached hydrogen (secondary N) is 1. The van der Waals surface area contributed by atoms with Gasteiger partial charge in [0, 0.05) is 11.7 Å². The molecule has 1 aromatic carbocycles. The van der Waals surface area contributed by atoms with Gasteiger partial charge in [-0.3, -0.25) is 0 Å². The Hall–Kier alpha value is -1.51. The molecule has 92 valence electrons. The fourth-order valence-electron chi connectivity index (χ4n) is 2.49. The predicted molar refractivity (Wildman–Crippen MR) is 68.4 cm³/mol. The Balaban J connectivity index is 2.07. The minimum absolute atomic E-state index is 0.346. The molecule has 1 aliphatic carbocycles. The number of carbonyl (C=O) groups is 1. The van der Waals surface area contributed by atoms with Gasteiger partial charge in [-0.15, -0.1) is 0 Å². The van der Waals surface area contributed by atoms with Crippen molar-refractivity contribution in [1.29, 1.82) is 0 Å². The third-order valence-electron chi connectivity index (χ3n) is 3.57. The molecule has 2 N–H and O–H groups in total. The number of hydrogen-bond acceptors (Lipinski definition) is 2. The Morgan fingerprint density at radius 3 is 2.82 bits per heavy atom. The van der Waals surface area contributed by atoms with Crippen molar-refractivity contribution in [3.63, 3.8) is 0 Å². The van der Waals surface area contributed by atoms with E-state index in [1.165, 1.54) is 25.7 Å². The van der Waals surface area contributed by atoms with E-state index in [0.717, 1.165) is 5.69 Å². The highest BCUT2D eigenvalue weighted by atomic mass is 16.4. The van der Waals surface area contributed by atoms with Gasteiger partial charge >= 0.3 is 5.97 Å². The molecule has 2 atom stereocenters. The van der Waals surface area contributed by atoms with Gasteiger partial charge in [-0.1, -0.05) is 25.8 Å². The van der Waals surface area contributed by atoms with E-state index in [2.05, 4.69) is 12.2 Å². The van der Waals surface area contributed by atoms with E-state index in [1.807, 2.05) is 6.07 Å². The van der Waals surface area contributed by atoms with Gasteiger partial charge in [-0.05, 0) is 37.0 Å². The smallest absolute Gasteiger partial charge is 0.335 e. The van der Waals surface area contributed by atoms with Gasteiger partial charge in [-0.25, -0.2) is 4.79 Å². The molecule has 3 nitrogen and oxygen atoms in total. The van der Waals surface area contributed by atoms with Gasteiger partial charge in [0.05, 0.1) is 5.56 Å². The number of carboxylic acids is 1. The van der Waals surface area contributed by atoms with Crippen LogP contribution in [-0.4, -0.2) is 17.1 Å². The van der Waals surface area contributed by atoms with Gasteiger partial charge < -0.3 is 10.4 Å². The van der Waals surface area contributed by atoms with E-state index < -0.39 is 5.97 Å². The van der Waals surface area contributed by atoms with E-state index in [9.17, 15) is 4.79 Å². The second-order valence-corrected chi connectivity index (χ2v) is 4.90. The maximum Gasteiger partial charge on any atom is 0.335 e. The molecule has 1 saturated carbocycles. The number of benzene rings is 1. The van der Waals surface area contributed by atoms with E-state index in [-0.39, 0.29) is 0 Å². The van der Waals surface area contributed by atoms with Crippen molar-refractivity contribution in [1.82, 2.24) is 0 Å². The molecule has 0 bridgehead atoms. The largest absolute Gasteiger partial charge is 0.478 e. The first-order chi connectivity index (χ1) is 8.16. The van der Waals surface area contributed by atoms with Crippen molar-refractivity contribution < 1.29 is 9.90 Å². The first kappa shape index (κ1) is 12.0. The zero-order chi connectivity index (χ0) is 12.3. The zero-order valence-electron chi connectivity index (χ0n) is 10.1. The summed E-state index contributed by atoms with van der Waals surface area (Å²) in [6.45, 7) is 2.26. The summed E-state index contributed by atoms with van der Waals surface area (Å²) in [5.74, 6) is -0.206. The molecule has 0 radical (unpaired) electrons. The maximum absolute atomic E-state index is 10.9. The highest BCUT2D eigenvalue weighted by Gasteiger charge is 2.20. The summed E-state index contributed by atoms with van der Waals surface area (Å²) < 4.78 is 0. The van der Waals surface area contributed by atoms with Crippen LogP contribution >= 0.6 is 0 Å². The maximum atomic E-state index is 10.9. The third kappa shape index (κ3) is 2.99. The molecule has 0 spiro atoms. The van der Waals surface area contributed by atoms with Crippen LogP contribution in [0.1, 0.15) is 43.0 Å². The summed E-state index contributed by atoms with van der Waals surface area (Å²) in [7, 11) is 0. The fraction of sp³-hybridized carbons (Fsp3) is 0.500. The summed E-state index contributed by atoms with van der Waals surface area (Å²) in [5, 5.41) is 12.4. The lowest BCUT2D eigenvalue weighted by Gasteiger charge is -2.30. The van der Waals surface area contributed by atoms with Crippen molar-refractivity contribution >= 4 is 11.7 Å². The second kappa shape index (κ2) is 5.21. The van der Waals surface area contributed by atoms with Gasteiger partial charge in [0.25, 0.3) is 0 Å². The summed E-state index contributed by atoms with van der Waals surface area (Å²) in [5.41, 5.74) is 1.27. The standard InChI is InChI=1S/C14H19NO2/c1-10-5-2-3-8-13(10)15-12-7-4-6-11(9-12)14(16)17/h4,6-7,9-10,13,15H,2-3,5,8H2,1H3,(H,16,17). The van der Waals surface area contributed by atoms with Crippen LogP contribution in [-0.2, 0) is 0 Å². The quantitative estimate of drug-likeness (QED) is 0.841. The number of rotatable bonds is 3. The number of carboxylic acid groups (broad SMARTS) is 1. The molecule has 3 heteroatoms. The van der Waals surface area contributed by atoms with Crippen molar-refractivity contribution in [2.45, 2.75) is 38.6 Å². The fourth-order valence-corrected chi connectivity index (χ4v) is 2.49. The van der Waals surface area contributed by atoms with Crippen LogP contribution in [0.5, 0.6) is 0 Å². The predicted octanol–water partition coefficient (Wildman–Crippen LogP) is 3.38. The molecule has 1 aliphatic rings. The van der Waals surface area contributed by atoms with Gasteiger partial charge in [0.2, 0.25) is 0 Å². The average Bonchev–Trinajstić information content (AvgIpc) is 2.32. The zero-order valence-corrected chi connectivity index (χ0v) is 10.1. The van der Waals surface area contributed by atoms with Crippen LogP contribution in [0, 0.1) is 5.92 Å². The van der Waals surface area contributed by atoms with Crippen molar-refractivity contribution in [3.8, 4) is 0 Å². The van der Waals surface area contributed by atoms with Gasteiger partial charge in [0.1, 0.15) is 0 Å². The molecule has 17 heavy (non-hydrogen) atoms. The van der Waals surface area contributed by atoms with Crippen LogP contribution in [0.2, 0.25) is 0 Å². The second-order valence-electron chi connectivity index (χ2n) is 4.90. The molecule has 0 aliphatic heterocycles. The van der Waals surface area contributed by atoms with Crippen molar-refractivity contribution in [3.05, 3.63) is 29.8 Å². The van der Waals surface area contributed by atoms with Gasteiger partial charge in [0.15, 0.2) is 0 Å². The lowest BCUT2D eigenvalue weighted by atomic mass is 9.86. The molecule has 0 aromatic heterocycles. The number of hydrogen-bond donors (Lipinski definition) is 2. The lowest BCUT2D eigenvalue weighted by molar-refractivity contribution is 0.0697. The third-order valence-corrected chi connectivity index (χ3v) is 3.57. The van der Waals surface area contributed by atoms with E-state index in [4.69, 9.17) is 5.11 Å². The van der Waals surface area contributed by atoms with Crippen LogP contribution < -0.4 is 5.32 Å². The first-order valence-electron chi connectivity index (χ1n) is 6.26. The Bertz CT molecular complexity index is 403. The molecular formula is C14H19NO2. The molecular weight excluding hydrogens is 214 g/mol. The normalized spacial score (nSPS) is 24.3. The van der Waals surface area contributed by atoms with Crippen LogP contribution in [0.3, 0.4) is 0 Å². The Labute approximate surface area is 102 Å². The summed E-state index contributed by atoms with van der Waals surface area (Å²) >= 11 is 0. The summed E-state index contributed by atoms with van der Waals surface area (Å²) in [4.78, 5) is 10.9. The molecule has 2 unspecified atom stereocenters. The molecule has 0 amide bonds. The Kier molecular flexibility index (Phi) is 3.67. The van der Waals surface area contributed by atoms with Crippen LogP contribution in [0.4, 0.5) is 5.69 Å². The highest BCUT2D eigenvalue weighted by molar-refractivity contribution is 5.88. The lowest BCUT2D eigenvalue weighted by Crippen LogP contribution is -2.30. The number of anilines is 1. The topological polar surface area (TPSA) is 49.3 Å². The monoisotopic (exact) mass is 233 g/mol. The van der Waals surface area contributed by atoms with Gasteiger partial charge in [-0.2, -0.15) is 0 Å². The molecule has 0 saturated heterocycles. The van der Waals surface area contributed by atoms with Crippen molar-refractivity contribution in [2.24, 2.45) is 5.92 Å².